The number of alkyl halides is 1. The van der Waals surface area contributed by atoms with Crippen LogP contribution in [0.3, 0.4) is 0 Å². The molecule has 240 valence electrons. The maximum Gasteiger partial charge on any atom is 0.312 e. The van der Waals surface area contributed by atoms with Gasteiger partial charge in [0.2, 0.25) is 5.91 Å². The number of esters is 1. The number of hydrogen-bond donors (Lipinski definition) is 1. The number of para-hydroxylation sites is 1. The normalized spacial score (nSPS) is 27.2. The number of nitrogens with zero attached hydrogens (tertiary/aromatic N) is 2. The smallest absolute Gasteiger partial charge is 0.312 e. The second kappa shape index (κ2) is 14.2. The number of carbonyl (C=O) groups excluding carboxylic acids is 3. The second-order valence-electron chi connectivity index (χ2n) is 12.0. The summed E-state index contributed by atoms with van der Waals surface area (Å²) in [6.45, 7) is 9.43. The van der Waals surface area contributed by atoms with Crippen LogP contribution in [-0.4, -0.2) is 76.2 Å². The predicted molar refractivity (Wildman–Crippen MR) is 177 cm³/mol. The van der Waals surface area contributed by atoms with E-state index in [1.807, 2.05) is 55.5 Å². The summed E-state index contributed by atoms with van der Waals surface area (Å²) in [6, 6.07) is 13.0. The fourth-order valence-corrected chi connectivity index (χ4v) is 8.61. The van der Waals surface area contributed by atoms with Crippen molar-refractivity contribution in [2.24, 2.45) is 11.8 Å². The molecular weight excluding hydrogens is 660 g/mol. The van der Waals surface area contributed by atoms with Crippen molar-refractivity contribution < 1.29 is 29.0 Å². The first kappa shape index (κ1) is 33.4. The molecule has 3 saturated heterocycles. The van der Waals surface area contributed by atoms with E-state index in [1.54, 1.807) is 12.1 Å². The molecule has 7 atom stereocenters. The highest BCUT2D eigenvalue weighted by molar-refractivity contribution is 9.09. The number of anilines is 1. The Kier molecular flexibility index (Phi) is 10.5. The lowest BCUT2D eigenvalue weighted by Gasteiger charge is -2.40. The average molecular weight is 700 g/mol. The van der Waals surface area contributed by atoms with E-state index in [9.17, 15) is 19.5 Å². The van der Waals surface area contributed by atoms with E-state index in [0.29, 0.717) is 30.0 Å². The van der Waals surface area contributed by atoms with Crippen LogP contribution in [0.25, 0.3) is 0 Å². The molecular formula is C35H40BrClN2O6. The molecule has 1 spiro atoms. The molecule has 0 saturated carbocycles. The van der Waals surface area contributed by atoms with Gasteiger partial charge in [-0.05, 0) is 56.2 Å². The van der Waals surface area contributed by atoms with Gasteiger partial charge in [-0.2, -0.15) is 0 Å². The Bertz CT molecular complexity index is 1420. The summed E-state index contributed by atoms with van der Waals surface area (Å²) in [5.74, 6) is -3.17. The lowest BCUT2D eigenvalue weighted by molar-refractivity contribution is -0.155. The molecule has 3 aliphatic rings. The minimum atomic E-state index is -1.32. The van der Waals surface area contributed by atoms with Gasteiger partial charge >= 0.3 is 5.97 Å². The maximum atomic E-state index is 15.0. The van der Waals surface area contributed by atoms with Crippen LogP contribution in [0.4, 0.5) is 5.69 Å². The monoisotopic (exact) mass is 698 g/mol. The number of rotatable bonds is 14. The van der Waals surface area contributed by atoms with Gasteiger partial charge < -0.3 is 24.4 Å². The molecule has 0 aromatic heterocycles. The van der Waals surface area contributed by atoms with E-state index in [4.69, 9.17) is 21.1 Å². The minimum Gasteiger partial charge on any atom is -0.465 e. The molecule has 0 aliphatic carbocycles. The van der Waals surface area contributed by atoms with Crippen LogP contribution in [0.5, 0.6) is 0 Å². The first-order valence-corrected chi connectivity index (χ1v) is 16.7. The summed E-state index contributed by atoms with van der Waals surface area (Å²) in [5, 5.41) is 11.1. The van der Waals surface area contributed by atoms with E-state index < -0.39 is 53.4 Å². The topological polar surface area (TPSA) is 96.4 Å². The molecule has 3 unspecified atom stereocenters. The largest absolute Gasteiger partial charge is 0.465 e. The summed E-state index contributed by atoms with van der Waals surface area (Å²) in [7, 11) is 0. The quantitative estimate of drug-likeness (QED) is 0.123. The number of benzene rings is 2. The zero-order valence-electron chi connectivity index (χ0n) is 25.4. The molecule has 45 heavy (non-hydrogen) atoms. The Balaban J connectivity index is 1.58. The maximum absolute atomic E-state index is 15.0. The Morgan fingerprint density at radius 1 is 1.20 bits per heavy atom. The lowest BCUT2D eigenvalue weighted by atomic mass is 9.70. The third kappa shape index (κ3) is 6.12. The highest BCUT2D eigenvalue weighted by Gasteiger charge is 2.77. The van der Waals surface area contributed by atoms with Gasteiger partial charge in [0.1, 0.15) is 11.6 Å². The summed E-state index contributed by atoms with van der Waals surface area (Å²) in [5.41, 5.74) is 0.865. The highest BCUT2D eigenvalue weighted by atomic mass is 79.9. The number of fused-ring (bicyclic) bond motifs is 1. The molecule has 2 bridgehead atoms. The molecule has 8 nitrogen and oxygen atoms in total. The van der Waals surface area contributed by atoms with Crippen LogP contribution >= 0.6 is 27.5 Å². The zero-order chi connectivity index (χ0) is 32.3. The number of carbonyl (C=O) groups is 3. The number of unbranched alkanes of at least 4 members (excludes halogenated alkanes) is 2. The predicted octanol–water partition coefficient (Wildman–Crippen LogP) is 5.42. The second-order valence-corrected chi connectivity index (χ2v) is 13.6. The molecule has 1 N–H and O–H groups in total. The molecule has 10 heteroatoms. The van der Waals surface area contributed by atoms with Crippen LogP contribution < -0.4 is 4.90 Å². The van der Waals surface area contributed by atoms with Gasteiger partial charge in [-0.15, -0.1) is 13.2 Å². The number of aliphatic hydroxyl groups excluding tert-OH is 1. The molecule has 3 heterocycles. The average Bonchev–Trinajstić information content (AvgIpc) is 3.62. The molecule has 0 radical (unpaired) electrons. The van der Waals surface area contributed by atoms with Gasteiger partial charge in [-0.1, -0.05) is 82.1 Å². The molecule has 3 aliphatic heterocycles. The number of amides is 2. The van der Waals surface area contributed by atoms with Crippen LogP contribution in [0.1, 0.15) is 36.8 Å². The summed E-state index contributed by atoms with van der Waals surface area (Å²) < 4.78 is 12.4. The number of halogens is 2. The SMILES string of the molecule is C=CCCCCOC(=O)[C@H]1[C@H]2C(=O)N([C@@H](CO)Cc3ccccc3)C(C(=O)N(CC=C)c3c(C)cccc3Cl)C23CC(Br)[C@@H]1O3. The third-order valence-corrected chi connectivity index (χ3v) is 10.4. The zero-order valence-corrected chi connectivity index (χ0v) is 27.8. The van der Waals surface area contributed by atoms with Crippen LogP contribution in [-0.2, 0) is 30.3 Å². The summed E-state index contributed by atoms with van der Waals surface area (Å²) in [6.07, 6.45) is 5.74. The van der Waals surface area contributed by atoms with Crippen LogP contribution in [0, 0.1) is 18.8 Å². The van der Waals surface area contributed by atoms with Gasteiger partial charge in [0.15, 0.2) is 0 Å². The van der Waals surface area contributed by atoms with E-state index >= 15 is 0 Å². The van der Waals surface area contributed by atoms with E-state index in [-0.39, 0.29) is 24.6 Å². The summed E-state index contributed by atoms with van der Waals surface area (Å²) >= 11 is 10.4. The first-order valence-electron chi connectivity index (χ1n) is 15.4. The number of aryl methyl sites for hydroxylation is 1. The first-order chi connectivity index (χ1) is 21.7. The van der Waals surface area contributed by atoms with Crippen molar-refractivity contribution in [3.05, 3.63) is 90.0 Å². The molecule has 2 amide bonds. The fraction of sp³-hybridized carbons (Fsp3) is 0.457. The van der Waals surface area contributed by atoms with Crippen molar-refractivity contribution in [3.63, 3.8) is 0 Å². The Labute approximate surface area is 278 Å². The number of hydrogen-bond acceptors (Lipinski definition) is 6. The van der Waals surface area contributed by atoms with E-state index in [0.717, 1.165) is 24.0 Å². The summed E-state index contributed by atoms with van der Waals surface area (Å²) in [4.78, 5) is 46.0. The molecule has 2 aromatic rings. The van der Waals surface area contributed by atoms with Gasteiger partial charge in [0.05, 0.1) is 47.9 Å². The standard InChI is InChI=1S/C35H40BrClN2O6/c1-4-6-7-11-18-44-34(43)27-28-32(41)39(24(21-40)19-23-14-9-8-10-15-23)31(35(28)20-25(36)30(27)45-35)33(42)38(17-5-2)29-22(3)13-12-16-26(29)37/h4-5,8-10,12-16,24-25,27-28,30-31,40H,1-2,6-7,11,17-21H2,3H3/t24-,25?,27+,28+,30+,31?,35?/m1/s1. The van der Waals surface area contributed by atoms with Crippen molar-refractivity contribution in [3.8, 4) is 0 Å². The van der Waals surface area contributed by atoms with E-state index in [2.05, 4.69) is 29.1 Å². The van der Waals surface area contributed by atoms with Crippen molar-refractivity contribution >= 4 is 51.0 Å². The van der Waals surface area contributed by atoms with Crippen molar-refractivity contribution in [2.75, 3.05) is 24.7 Å². The molecule has 3 fully saturated rings. The Hall–Kier alpha value is -2.98. The number of aliphatic hydroxyl groups is 1. The highest BCUT2D eigenvalue weighted by Crippen LogP contribution is 2.61. The van der Waals surface area contributed by atoms with Gasteiger partial charge in [-0.25, -0.2) is 0 Å². The third-order valence-electron chi connectivity index (χ3n) is 9.23. The Morgan fingerprint density at radius 3 is 2.62 bits per heavy atom. The van der Waals surface area contributed by atoms with Gasteiger partial charge in [0, 0.05) is 11.4 Å². The molecule has 5 rings (SSSR count). The lowest BCUT2D eigenvalue weighted by Crippen LogP contribution is -2.59. The number of allylic oxidation sites excluding steroid dienone is 1. The van der Waals surface area contributed by atoms with Crippen molar-refractivity contribution in [1.29, 1.82) is 0 Å². The Morgan fingerprint density at radius 2 is 1.96 bits per heavy atom. The van der Waals surface area contributed by atoms with E-state index in [1.165, 1.54) is 9.80 Å². The van der Waals surface area contributed by atoms with Crippen LogP contribution in [0.15, 0.2) is 73.8 Å². The number of likely N-dealkylation sites (tertiary alicyclic amines) is 1. The van der Waals surface area contributed by atoms with Gasteiger partial charge in [-0.3, -0.25) is 14.4 Å². The van der Waals surface area contributed by atoms with Crippen molar-refractivity contribution in [1.82, 2.24) is 4.90 Å². The van der Waals surface area contributed by atoms with Crippen LogP contribution in [0.2, 0.25) is 5.02 Å². The minimum absolute atomic E-state index is 0.127. The fourth-order valence-electron chi connectivity index (χ4n) is 7.34. The number of ether oxygens (including phenoxy) is 2. The van der Waals surface area contributed by atoms with Crippen molar-refractivity contribution in [2.45, 2.75) is 67.6 Å². The molecule has 2 aromatic carbocycles. The van der Waals surface area contributed by atoms with Gasteiger partial charge in [0.25, 0.3) is 5.91 Å².